The lowest BCUT2D eigenvalue weighted by Crippen LogP contribution is -2.48. The molecule has 3 amide bonds. The number of thioether (sulfide) groups is 1. The molecule has 1 unspecified atom stereocenters. The van der Waals surface area contributed by atoms with Gasteiger partial charge in [-0.2, -0.15) is 4.98 Å². The summed E-state index contributed by atoms with van der Waals surface area (Å²) in [5.41, 5.74) is 2.25. The topological polar surface area (TPSA) is 122 Å². The monoisotopic (exact) mass is 419 g/mol. The second-order valence-electron chi connectivity index (χ2n) is 6.88. The van der Waals surface area contributed by atoms with E-state index in [1.807, 2.05) is 20.1 Å². The molecule has 10 nitrogen and oxygen atoms in total. The zero-order valence-corrected chi connectivity index (χ0v) is 17.8. The number of likely N-dealkylation sites (N-methyl/N-ethyl adjacent to an activating group) is 1. The summed E-state index contributed by atoms with van der Waals surface area (Å²) in [7, 11) is 1.55. The van der Waals surface area contributed by atoms with Crippen molar-refractivity contribution < 1.29 is 14.4 Å². The van der Waals surface area contributed by atoms with E-state index in [1.54, 1.807) is 11.6 Å². The first-order valence-corrected chi connectivity index (χ1v) is 10.6. The van der Waals surface area contributed by atoms with Gasteiger partial charge in [0.05, 0.1) is 13.0 Å². The highest BCUT2D eigenvalue weighted by Crippen LogP contribution is 2.18. The van der Waals surface area contributed by atoms with Crippen LogP contribution in [0.5, 0.6) is 0 Å². The average molecular weight is 420 g/mol. The molecule has 3 rings (SSSR count). The predicted molar refractivity (Wildman–Crippen MR) is 108 cm³/mol. The molecule has 2 N–H and O–H groups in total. The van der Waals surface area contributed by atoms with Gasteiger partial charge >= 0.3 is 0 Å². The number of rotatable bonds is 6. The number of fused-ring (bicyclic) bond motifs is 1. The predicted octanol–water partition coefficient (Wildman–Crippen LogP) is -0.141. The second kappa shape index (κ2) is 8.76. The van der Waals surface area contributed by atoms with E-state index in [-0.39, 0.29) is 30.7 Å². The first-order valence-electron chi connectivity index (χ1n) is 9.40. The van der Waals surface area contributed by atoms with E-state index in [0.29, 0.717) is 29.6 Å². The molecule has 0 saturated carbocycles. The lowest BCUT2D eigenvalue weighted by atomic mass is 10.1. The van der Waals surface area contributed by atoms with E-state index in [1.165, 1.54) is 16.7 Å². The summed E-state index contributed by atoms with van der Waals surface area (Å²) in [4.78, 5) is 47.1. The van der Waals surface area contributed by atoms with Gasteiger partial charge in [0.1, 0.15) is 6.04 Å². The average Bonchev–Trinajstić information content (AvgIpc) is 3.35. The molecule has 0 aromatic carbocycles. The van der Waals surface area contributed by atoms with Crippen molar-refractivity contribution in [2.24, 2.45) is 0 Å². The van der Waals surface area contributed by atoms with Gasteiger partial charge < -0.3 is 15.5 Å². The molecule has 29 heavy (non-hydrogen) atoms. The van der Waals surface area contributed by atoms with Gasteiger partial charge in [-0.05, 0) is 32.9 Å². The third-order valence-electron chi connectivity index (χ3n) is 5.11. The smallest absolute Gasteiger partial charge is 0.253 e. The maximum Gasteiger partial charge on any atom is 0.253 e. The SMILES string of the molecule is CNC(=O)C1CCCN1C(=O)CNC(=O)Cc1c(C)nc2nc(SC)nn2c1C. The van der Waals surface area contributed by atoms with Crippen LogP contribution in [-0.2, 0) is 20.8 Å². The van der Waals surface area contributed by atoms with Gasteiger partial charge in [0.15, 0.2) is 0 Å². The van der Waals surface area contributed by atoms with Gasteiger partial charge in [-0.1, -0.05) is 11.8 Å². The molecule has 0 radical (unpaired) electrons. The summed E-state index contributed by atoms with van der Waals surface area (Å²) in [6.07, 6.45) is 3.38. The number of carbonyl (C=O) groups excluding carboxylic acids is 3. The van der Waals surface area contributed by atoms with Crippen LogP contribution in [0.25, 0.3) is 5.78 Å². The Bertz CT molecular complexity index is 959. The molecule has 156 valence electrons. The number of aromatic nitrogens is 4. The first kappa shape index (κ1) is 21.0. The van der Waals surface area contributed by atoms with E-state index in [0.717, 1.165) is 17.7 Å². The fourth-order valence-electron chi connectivity index (χ4n) is 3.54. The summed E-state index contributed by atoms with van der Waals surface area (Å²) in [6, 6.07) is -0.460. The van der Waals surface area contributed by atoms with E-state index in [2.05, 4.69) is 25.7 Å². The number of likely N-dealkylation sites (tertiary alicyclic amines) is 1. The van der Waals surface area contributed by atoms with Crippen molar-refractivity contribution in [3.05, 3.63) is 17.0 Å². The van der Waals surface area contributed by atoms with Crippen LogP contribution >= 0.6 is 11.8 Å². The number of nitrogens with one attached hydrogen (secondary N) is 2. The third kappa shape index (κ3) is 4.34. The molecule has 0 spiro atoms. The molecule has 1 atom stereocenters. The van der Waals surface area contributed by atoms with E-state index in [4.69, 9.17) is 0 Å². The van der Waals surface area contributed by atoms with Crippen molar-refractivity contribution in [3.8, 4) is 0 Å². The maximum absolute atomic E-state index is 12.5. The van der Waals surface area contributed by atoms with Crippen molar-refractivity contribution in [1.29, 1.82) is 0 Å². The molecule has 1 saturated heterocycles. The van der Waals surface area contributed by atoms with Crippen molar-refractivity contribution >= 4 is 35.3 Å². The van der Waals surface area contributed by atoms with Gasteiger partial charge in [0, 0.05) is 30.5 Å². The van der Waals surface area contributed by atoms with Gasteiger partial charge in [-0.15, -0.1) is 5.10 Å². The Hall–Kier alpha value is -2.69. The van der Waals surface area contributed by atoms with Crippen LogP contribution in [0.1, 0.15) is 29.8 Å². The number of aryl methyl sites for hydroxylation is 2. The summed E-state index contributed by atoms with van der Waals surface area (Å²) < 4.78 is 1.63. The van der Waals surface area contributed by atoms with E-state index in [9.17, 15) is 14.4 Å². The largest absolute Gasteiger partial charge is 0.357 e. The molecule has 1 aliphatic rings. The molecule has 2 aromatic heterocycles. The zero-order valence-electron chi connectivity index (χ0n) is 17.0. The summed E-state index contributed by atoms with van der Waals surface area (Å²) >= 11 is 1.42. The van der Waals surface area contributed by atoms with Gasteiger partial charge in [0.2, 0.25) is 22.9 Å². The van der Waals surface area contributed by atoms with Crippen LogP contribution in [0.2, 0.25) is 0 Å². The maximum atomic E-state index is 12.5. The van der Waals surface area contributed by atoms with Gasteiger partial charge in [-0.25, -0.2) is 9.50 Å². The lowest BCUT2D eigenvalue weighted by Gasteiger charge is -2.23. The van der Waals surface area contributed by atoms with Crippen molar-refractivity contribution in [2.75, 3.05) is 26.4 Å². The van der Waals surface area contributed by atoms with E-state index >= 15 is 0 Å². The van der Waals surface area contributed by atoms with Crippen LogP contribution in [0.3, 0.4) is 0 Å². The van der Waals surface area contributed by atoms with Crippen molar-refractivity contribution in [3.63, 3.8) is 0 Å². The number of carbonyl (C=O) groups is 3. The number of hydrogen-bond acceptors (Lipinski definition) is 7. The van der Waals surface area contributed by atoms with Crippen molar-refractivity contribution in [2.45, 2.75) is 44.3 Å². The molecule has 0 bridgehead atoms. The minimum absolute atomic E-state index is 0.0845. The Labute approximate surface area is 172 Å². The Kier molecular flexibility index (Phi) is 6.36. The fourth-order valence-corrected chi connectivity index (χ4v) is 3.87. The second-order valence-corrected chi connectivity index (χ2v) is 7.66. The third-order valence-corrected chi connectivity index (χ3v) is 5.65. The molecule has 2 aromatic rings. The van der Waals surface area contributed by atoms with E-state index < -0.39 is 6.04 Å². The quantitative estimate of drug-likeness (QED) is 0.625. The summed E-state index contributed by atoms with van der Waals surface area (Å²) in [5, 5.41) is 10.2. The number of hydrogen-bond donors (Lipinski definition) is 2. The molecule has 1 aliphatic heterocycles. The van der Waals surface area contributed by atoms with Crippen LogP contribution < -0.4 is 10.6 Å². The highest BCUT2D eigenvalue weighted by Gasteiger charge is 2.33. The Morgan fingerprint density at radius 2 is 2.00 bits per heavy atom. The standard InChI is InChI=1S/C18H25N7O3S/c1-10-12(11(2)25-17(21-10)22-18(23-25)29-4)8-14(26)20-9-15(27)24-7-5-6-13(24)16(28)19-3/h13H,5-9H2,1-4H3,(H,19,28)(H,20,26). The molecule has 3 heterocycles. The normalized spacial score (nSPS) is 16.3. The Morgan fingerprint density at radius 1 is 1.24 bits per heavy atom. The van der Waals surface area contributed by atoms with Crippen LogP contribution in [0, 0.1) is 13.8 Å². The summed E-state index contributed by atoms with van der Waals surface area (Å²) in [6.45, 7) is 4.08. The molecule has 0 aliphatic carbocycles. The highest BCUT2D eigenvalue weighted by atomic mass is 32.2. The molecular formula is C18H25N7O3S. The molecular weight excluding hydrogens is 394 g/mol. The first-order chi connectivity index (χ1) is 13.8. The fraction of sp³-hybridized carbons (Fsp3) is 0.556. The Balaban J connectivity index is 1.65. The lowest BCUT2D eigenvalue weighted by molar-refractivity contribution is -0.138. The minimum Gasteiger partial charge on any atom is -0.357 e. The summed E-state index contributed by atoms with van der Waals surface area (Å²) in [5.74, 6) is -0.220. The number of amides is 3. The van der Waals surface area contributed by atoms with Gasteiger partial charge in [0.25, 0.3) is 5.78 Å². The van der Waals surface area contributed by atoms with Crippen LogP contribution in [0.15, 0.2) is 5.16 Å². The minimum atomic E-state index is -0.460. The molecule has 1 fully saturated rings. The Morgan fingerprint density at radius 3 is 2.69 bits per heavy atom. The highest BCUT2D eigenvalue weighted by molar-refractivity contribution is 7.98. The zero-order chi connectivity index (χ0) is 21.1. The van der Waals surface area contributed by atoms with Crippen LogP contribution in [0.4, 0.5) is 0 Å². The molecule has 11 heteroatoms. The van der Waals surface area contributed by atoms with Gasteiger partial charge in [-0.3, -0.25) is 14.4 Å². The van der Waals surface area contributed by atoms with Crippen molar-refractivity contribution in [1.82, 2.24) is 35.1 Å². The number of nitrogens with zero attached hydrogens (tertiary/aromatic N) is 5. The van der Waals surface area contributed by atoms with Crippen LogP contribution in [-0.4, -0.2) is 74.6 Å².